The maximum Gasteiger partial charge on any atom is 0.226 e. The van der Waals surface area contributed by atoms with E-state index in [9.17, 15) is 13.6 Å². The number of fused-ring (bicyclic) bond motifs is 2. The topological polar surface area (TPSA) is 58.4 Å². The van der Waals surface area contributed by atoms with Crippen LogP contribution in [-0.4, -0.2) is 35.4 Å². The van der Waals surface area contributed by atoms with Crippen LogP contribution in [0.2, 0.25) is 0 Å². The van der Waals surface area contributed by atoms with E-state index in [4.69, 9.17) is 4.42 Å². The third kappa shape index (κ3) is 2.94. The number of oxazole rings is 1. The van der Waals surface area contributed by atoms with E-state index in [1.54, 1.807) is 0 Å². The molecule has 7 heteroatoms. The lowest BCUT2D eigenvalue weighted by molar-refractivity contribution is -0.146. The van der Waals surface area contributed by atoms with Crippen LogP contribution < -0.4 is 5.32 Å². The van der Waals surface area contributed by atoms with Crippen molar-refractivity contribution in [2.24, 2.45) is 17.8 Å². The smallest absolute Gasteiger partial charge is 0.226 e. The molecule has 1 aromatic carbocycles. The van der Waals surface area contributed by atoms with Gasteiger partial charge in [-0.25, -0.2) is 13.8 Å². The van der Waals surface area contributed by atoms with Crippen molar-refractivity contribution in [1.29, 1.82) is 0 Å². The Kier molecular flexibility index (Phi) is 4.00. The van der Waals surface area contributed by atoms with Crippen LogP contribution in [0.4, 0.5) is 8.78 Å². The summed E-state index contributed by atoms with van der Waals surface area (Å²) in [6.07, 6.45) is 2.72. The number of halogens is 2. The molecule has 2 aliphatic heterocycles. The van der Waals surface area contributed by atoms with Gasteiger partial charge in [0, 0.05) is 30.5 Å². The summed E-state index contributed by atoms with van der Waals surface area (Å²) < 4.78 is 32.7. The molecule has 3 aliphatic rings. The molecule has 0 bridgehead atoms. The molecule has 0 spiro atoms. The van der Waals surface area contributed by atoms with Crippen LogP contribution in [0.1, 0.15) is 24.3 Å². The Labute approximate surface area is 155 Å². The quantitative estimate of drug-likeness (QED) is 0.880. The second-order valence-corrected chi connectivity index (χ2v) is 7.82. The first kappa shape index (κ1) is 16.9. The van der Waals surface area contributed by atoms with Gasteiger partial charge in [-0.15, -0.1) is 0 Å². The van der Waals surface area contributed by atoms with Crippen molar-refractivity contribution in [1.82, 2.24) is 15.2 Å². The summed E-state index contributed by atoms with van der Waals surface area (Å²) in [4.78, 5) is 19.2. The fraction of sp³-hybridized carbons (Fsp3) is 0.500. The number of aromatic nitrogens is 1. The number of amides is 1. The Morgan fingerprint density at radius 1 is 1.26 bits per heavy atom. The first-order valence-electron chi connectivity index (χ1n) is 9.53. The molecule has 0 unspecified atom stereocenters. The SMILES string of the molecule is O=C([C@@H]1C[C@H]2CCNC[C@H]21)N1CCc2oc(-c3cc(F)cc(F)c3)nc2C1. The number of piperidine rings is 1. The van der Waals surface area contributed by atoms with Gasteiger partial charge in [-0.1, -0.05) is 0 Å². The minimum Gasteiger partial charge on any atom is -0.441 e. The highest BCUT2D eigenvalue weighted by Crippen LogP contribution is 2.45. The Morgan fingerprint density at radius 3 is 2.85 bits per heavy atom. The average molecular weight is 373 g/mol. The number of carbonyl (C=O) groups excluding carboxylic acids is 1. The van der Waals surface area contributed by atoms with Crippen LogP contribution >= 0.6 is 0 Å². The highest BCUT2D eigenvalue weighted by molar-refractivity contribution is 5.80. The first-order valence-corrected chi connectivity index (χ1v) is 9.53. The lowest BCUT2D eigenvalue weighted by Gasteiger charge is -2.48. The predicted octanol–water partition coefficient (Wildman–Crippen LogP) is 2.75. The highest BCUT2D eigenvalue weighted by Gasteiger charge is 2.47. The van der Waals surface area contributed by atoms with Gasteiger partial charge in [-0.2, -0.15) is 0 Å². The average Bonchev–Trinajstić information content (AvgIpc) is 3.05. The number of benzene rings is 1. The summed E-state index contributed by atoms with van der Waals surface area (Å²) >= 11 is 0. The van der Waals surface area contributed by atoms with Gasteiger partial charge in [-0.05, 0) is 49.9 Å². The fourth-order valence-electron chi connectivity index (χ4n) is 4.71. The van der Waals surface area contributed by atoms with Gasteiger partial charge < -0.3 is 14.6 Å². The minimum atomic E-state index is -0.668. The van der Waals surface area contributed by atoms with Crippen LogP contribution in [-0.2, 0) is 17.8 Å². The zero-order chi connectivity index (χ0) is 18.5. The van der Waals surface area contributed by atoms with E-state index in [2.05, 4.69) is 10.3 Å². The van der Waals surface area contributed by atoms with Gasteiger partial charge >= 0.3 is 0 Å². The van der Waals surface area contributed by atoms with Crippen molar-refractivity contribution < 1.29 is 18.0 Å². The van der Waals surface area contributed by atoms with Gasteiger partial charge in [0.05, 0.1) is 6.54 Å². The van der Waals surface area contributed by atoms with Crippen LogP contribution in [0.5, 0.6) is 0 Å². The second kappa shape index (κ2) is 6.41. The van der Waals surface area contributed by atoms with Crippen LogP contribution in [0, 0.1) is 29.4 Å². The zero-order valence-electron chi connectivity index (χ0n) is 14.9. The number of carbonyl (C=O) groups is 1. The number of hydrogen-bond acceptors (Lipinski definition) is 4. The van der Waals surface area contributed by atoms with Gasteiger partial charge in [0.25, 0.3) is 0 Å². The molecule has 142 valence electrons. The summed E-state index contributed by atoms with van der Waals surface area (Å²) in [7, 11) is 0. The molecule has 3 atom stereocenters. The van der Waals surface area contributed by atoms with Crippen LogP contribution in [0.25, 0.3) is 11.5 Å². The molecule has 0 radical (unpaired) electrons. The number of hydrogen-bond donors (Lipinski definition) is 1. The number of rotatable bonds is 2. The molecule has 2 aromatic rings. The van der Waals surface area contributed by atoms with Crippen LogP contribution in [0.15, 0.2) is 22.6 Å². The molecule has 1 saturated heterocycles. The van der Waals surface area contributed by atoms with E-state index in [-0.39, 0.29) is 23.3 Å². The first-order chi connectivity index (χ1) is 13.1. The predicted molar refractivity (Wildman–Crippen MR) is 93.5 cm³/mol. The standard InChI is InChI=1S/C20H21F2N3O2/c21-13-5-12(6-14(22)8-13)19-24-17-10-25(4-2-18(17)27-19)20(26)15-7-11-1-3-23-9-16(11)15/h5-6,8,11,15-16,23H,1-4,7,9-10H2/t11-,15-,16-/m1/s1. The molecule has 27 heavy (non-hydrogen) atoms. The monoisotopic (exact) mass is 373 g/mol. The van der Waals surface area contributed by atoms with Crippen molar-refractivity contribution in [3.8, 4) is 11.5 Å². The van der Waals surface area contributed by atoms with Gasteiger partial charge in [0.1, 0.15) is 23.1 Å². The summed E-state index contributed by atoms with van der Waals surface area (Å²) in [5.41, 5.74) is 0.960. The Hall–Kier alpha value is -2.28. The van der Waals surface area contributed by atoms with Crippen molar-refractivity contribution >= 4 is 5.91 Å². The van der Waals surface area contributed by atoms with Crippen molar-refractivity contribution in [3.05, 3.63) is 41.3 Å². The van der Waals surface area contributed by atoms with Crippen LogP contribution in [0.3, 0.4) is 0 Å². The third-order valence-corrected chi connectivity index (χ3v) is 6.22. The summed E-state index contributed by atoms with van der Waals surface area (Å²) in [6, 6.07) is 3.22. The van der Waals surface area contributed by atoms with E-state index < -0.39 is 11.6 Å². The normalized spacial score (nSPS) is 26.9. The third-order valence-electron chi connectivity index (χ3n) is 6.22. The van der Waals surface area contributed by atoms with E-state index in [1.165, 1.54) is 12.1 Å². The maximum absolute atomic E-state index is 13.5. The largest absolute Gasteiger partial charge is 0.441 e. The van der Waals surface area contributed by atoms with E-state index in [0.29, 0.717) is 42.8 Å². The lowest BCUT2D eigenvalue weighted by Crippen LogP contribution is -2.55. The Balaban J connectivity index is 1.33. The molecular weight excluding hydrogens is 352 g/mol. The molecule has 2 fully saturated rings. The Bertz CT molecular complexity index is 877. The molecule has 1 aliphatic carbocycles. The molecular formula is C20H21F2N3O2. The van der Waals surface area contributed by atoms with E-state index in [1.807, 2.05) is 4.90 Å². The molecule has 1 N–H and O–H groups in total. The van der Waals surface area contributed by atoms with Gasteiger partial charge in [0.15, 0.2) is 0 Å². The van der Waals surface area contributed by atoms with E-state index in [0.717, 1.165) is 32.0 Å². The highest BCUT2D eigenvalue weighted by atomic mass is 19.1. The molecule has 1 amide bonds. The molecule has 5 rings (SSSR count). The van der Waals surface area contributed by atoms with Gasteiger partial charge in [-0.3, -0.25) is 4.79 Å². The summed E-state index contributed by atoms with van der Waals surface area (Å²) in [6.45, 7) is 2.98. The summed E-state index contributed by atoms with van der Waals surface area (Å²) in [5.74, 6) is 1.01. The maximum atomic E-state index is 13.5. The Morgan fingerprint density at radius 2 is 2.07 bits per heavy atom. The van der Waals surface area contributed by atoms with Gasteiger partial charge in [0.2, 0.25) is 11.8 Å². The lowest BCUT2D eigenvalue weighted by atomic mass is 9.61. The fourth-order valence-corrected chi connectivity index (χ4v) is 4.71. The second-order valence-electron chi connectivity index (χ2n) is 7.82. The molecule has 1 saturated carbocycles. The van der Waals surface area contributed by atoms with E-state index >= 15 is 0 Å². The molecule has 1 aromatic heterocycles. The molecule has 5 nitrogen and oxygen atoms in total. The van der Waals surface area contributed by atoms with Crippen molar-refractivity contribution in [3.63, 3.8) is 0 Å². The summed E-state index contributed by atoms with van der Waals surface area (Å²) in [5, 5.41) is 3.39. The van der Waals surface area contributed by atoms with Crippen molar-refractivity contribution in [2.45, 2.75) is 25.8 Å². The van der Waals surface area contributed by atoms with Crippen molar-refractivity contribution in [2.75, 3.05) is 19.6 Å². The number of nitrogens with one attached hydrogen (secondary N) is 1. The minimum absolute atomic E-state index is 0.105. The molecule has 3 heterocycles. The number of nitrogens with zero attached hydrogens (tertiary/aromatic N) is 2. The zero-order valence-corrected chi connectivity index (χ0v) is 14.9.